The van der Waals surface area contributed by atoms with Crippen molar-refractivity contribution in [1.82, 2.24) is 9.38 Å². The summed E-state index contributed by atoms with van der Waals surface area (Å²) in [5, 5.41) is 18.8. The Morgan fingerprint density at radius 2 is 1.88 bits per heavy atom. The summed E-state index contributed by atoms with van der Waals surface area (Å²) in [5.74, 6) is -1.75. The second kappa shape index (κ2) is 6.20. The van der Waals surface area contributed by atoms with E-state index >= 15 is 0 Å². The van der Waals surface area contributed by atoms with Crippen LogP contribution < -0.4 is 5.56 Å². The molecule has 2 heterocycles. The van der Waals surface area contributed by atoms with Crippen molar-refractivity contribution >= 4 is 17.4 Å². The number of carboxylic acid groups (broad SMARTS) is 1. The molecule has 0 amide bonds. The van der Waals surface area contributed by atoms with Crippen molar-refractivity contribution < 1.29 is 19.8 Å². The molecule has 0 radical (unpaired) electrons. The smallest absolute Gasteiger partial charge is 0.308 e. The predicted molar refractivity (Wildman–Crippen MR) is 89.1 cm³/mol. The number of carbonyl (C=O) groups is 2. The minimum Gasteiger partial charge on any atom is -0.507 e. The normalized spacial score (nSPS) is 10.8. The summed E-state index contributed by atoms with van der Waals surface area (Å²) >= 11 is 0. The van der Waals surface area contributed by atoms with E-state index in [0.29, 0.717) is 11.3 Å². The summed E-state index contributed by atoms with van der Waals surface area (Å²) in [4.78, 5) is 40.3. The maximum absolute atomic E-state index is 12.6. The van der Waals surface area contributed by atoms with E-state index in [1.54, 1.807) is 19.1 Å². The lowest BCUT2D eigenvalue weighted by molar-refractivity contribution is -0.136. The van der Waals surface area contributed by atoms with Crippen LogP contribution in [0, 0.1) is 6.92 Å². The number of benzene rings is 1. The molecule has 0 aliphatic heterocycles. The number of phenols is 1. The van der Waals surface area contributed by atoms with Gasteiger partial charge in [-0.15, -0.1) is 0 Å². The summed E-state index contributed by atoms with van der Waals surface area (Å²) in [6.07, 6.45) is 0.864. The van der Waals surface area contributed by atoms with Gasteiger partial charge < -0.3 is 10.2 Å². The minimum atomic E-state index is -1.14. The molecule has 25 heavy (non-hydrogen) atoms. The maximum atomic E-state index is 12.6. The molecule has 0 aliphatic carbocycles. The molecule has 0 saturated carbocycles. The third kappa shape index (κ3) is 2.99. The number of hydrogen-bond donors (Lipinski definition) is 2. The summed E-state index contributed by atoms with van der Waals surface area (Å²) < 4.78 is 1.15. The Labute approximate surface area is 141 Å². The van der Waals surface area contributed by atoms with Gasteiger partial charge in [-0.1, -0.05) is 12.1 Å². The second-order valence-electron chi connectivity index (χ2n) is 5.54. The molecule has 0 atom stereocenters. The number of aliphatic carboxylic acids is 1. The molecular formula is C18H14N2O5. The lowest BCUT2D eigenvalue weighted by Gasteiger charge is -2.09. The third-order valence-corrected chi connectivity index (χ3v) is 3.86. The Morgan fingerprint density at radius 3 is 2.56 bits per heavy atom. The van der Waals surface area contributed by atoms with E-state index in [2.05, 4.69) is 4.98 Å². The number of hydrogen-bond acceptors (Lipinski definition) is 5. The molecule has 7 nitrogen and oxygen atoms in total. The Hall–Kier alpha value is -3.48. The molecule has 7 heteroatoms. The molecule has 0 fully saturated rings. The van der Waals surface area contributed by atoms with Crippen LogP contribution in [0.25, 0.3) is 5.65 Å². The highest BCUT2D eigenvalue weighted by Gasteiger charge is 2.17. The van der Waals surface area contributed by atoms with Crippen LogP contribution >= 0.6 is 0 Å². The van der Waals surface area contributed by atoms with Gasteiger partial charge in [0, 0.05) is 17.5 Å². The van der Waals surface area contributed by atoms with E-state index in [9.17, 15) is 19.5 Å². The molecule has 0 saturated heterocycles. The van der Waals surface area contributed by atoms with Crippen LogP contribution in [-0.2, 0) is 11.2 Å². The lowest BCUT2D eigenvalue weighted by atomic mass is 10.0. The number of nitrogens with zero attached hydrogens (tertiary/aromatic N) is 2. The molecule has 3 rings (SSSR count). The molecule has 2 aromatic heterocycles. The largest absolute Gasteiger partial charge is 0.507 e. The van der Waals surface area contributed by atoms with Gasteiger partial charge in [-0.3, -0.25) is 18.8 Å². The second-order valence-corrected chi connectivity index (χ2v) is 5.54. The topological polar surface area (TPSA) is 109 Å². The van der Waals surface area contributed by atoms with Gasteiger partial charge in [0.2, 0.25) is 0 Å². The number of pyridine rings is 1. The number of aromatic nitrogens is 2. The Balaban J connectivity index is 2.17. The molecule has 126 valence electrons. The van der Waals surface area contributed by atoms with E-state index in [1.807, 2.05) is 0 Å². The fraction of sp³-hybridized carbons (Fsp3) is 0.111. The molecule has 0 bridgehead atoms. The zero-order valence-electron chi connectivity index (χ0n) is 13.3. The van der Waals surface area contributed by atoms with E-state index < -0.39 is 23.7 Å². The van der Waals surface area contributed by atoms with Crippen molar-refractivity contribution in [3.05, 3.63) is 75.3 Å². The summed E-state index contributed by atoms with van der Waals surface area (Å²) in [5.41, 5.74) is 0.482. The molecule has 2 N–H and O–H groups in total. The first-order valence-corrected chi connectivity index (χ1v) is 7.45. The van der Waals surface area contributed by atoms with Gasteiger partial charge in [0.25, 0.3) is 5.56 Å². The zero-order chi connectivity index (χ0) is 18.1. The average molecular weight is 338 g/mol. The first kappa shape index (κ1) is 16.4. The highest BCUT2D eigenvalue weighted by molar-refractivity contribution is 6.10. The first-order chi connectivity index (χ1) is 11.9. The highest BCUT2D eigenvalue weighted by Crippen LogP contribution is 2.20. The van der Waals surface area contributed by atoms with Gasteiger partial charge in [-0.25, -0.2) is 4.98 Å². The van der Waals surface area contributed by atoms with Crippen molar-refractivity contribution in [2.75, 3.05) is 0 Å². The number of carbonyl (C=O) groups excluding carboxylic acids is 1. The molecule has 0 aliphatic rings. The van der Waals surface area contributed by atoms with Gasteiger partial charge in [0.1, 0.15) is 11.4 Å². The van der Waals surface area contributed by atoms with Crippen LogP contribution in [0.2, 0.25) is 0 Å². The number of fused-ring (bicyclic) bond motifs is 1. The average Bonchev–Trinajstić information content (AvgIpc) is 2.58. The van der Waals surface area contributed by atoms with E-state index in [1.165, 1.54) is 30.5 Å². The van der Waals surface area contributed by atoms with Crippen molar-refractivity contribution in [2.45, 2.75) is 13.3 Å². The quantitative estimate of drug-likeness (QED) is 0.699. The Morgan fingerprint density at radius 1 is 1.16 bits per heavy atom. The number of phenolic OH excluding ortho intramolecular Hbond substituents is 1. The van der Waals surface area contributed by atoms with Crippen molar-refractivity contribution in [3.8, 4) is 5.75 Å². The number of para-hydroxylation sites is 1. The van der Waals surface area contributed by atoms with Gasteiger partial charge in [0.05, 0.1) is 17.5 Å². The standard InChI is InChI=1S/C18H14N2O5/c1-10-13(8-16(22)23)18(25)20-9-11(6-7-15(20)19-10)17(24)12-4-2-3-5-14(12)21/h2-7,9,21H,8H2,1H3,(H,22,23). The summed E-state index contributed by atoms with van der Waals surface area (Å²) in [6, 6.07) is 9.11. The molecule has 0 unspecified atom stereocenters. The SMILES string of the molecule is Cc1nc2ccc(C(=O)c3ccccc3O)cn2c(=O)c1CC(=O)O. The van der Waals surface area contributed by atoms with Crippen molar-refractivity contribution in [1.29, 1.82) is 0 Å². The number of carboxylic acids is 1. The zero-order valence-corrected chi connectivity index (χ0v) is 13.3. The van der Waals surface area contributed by atoms with Gasteiger partial charge in [-0.05, 0) is 31.2 Å². The number of aryl methyl sites for hydroxylation is 1. The first-order valence-electron chi connectivity index (χ1n) is 7.45. The third-order valence-electron chi connectivity index (χ3n) is 3.86. The van der Waals surface area contributed by atoms with Crippen LogP contribution in [0.15, 0.2) is 47.4 Å². The Bertz CT molecular complexity index is 1070. The molecule has 1 aromatic carbocycles. The summed E-state index contributed by atoms with van der Waals surface area (Å²) in [7, 11) is 0. The molecule has 0 spiro atoms. The van der Waals surface area contributed by atoms with Crippen LogP contribution in [-0.4, -0.2) is 31.4 Å². The van der Waals surface area contributed by atoms with Crippen molar-refractivity contribution in [3.63, 3.8) is 0 Å². The van der Waals surface area contributed by atoms with Crippen LogP contribution in [0.4, 0.5) is 0 Å². The minimum absolute atomic E-state index is 0.0668. The Kier molecular flexibility index (Phi) is 4.06. The number of aromatic hydroxyl groups is 1. The predicted octanol–water partition coefficient (Wildman–Crippen LogP) is 1.57. The van der Waals surface area contributed by atoms with E-state index in [0.717, 1.165) is 4.40 Å². The fourth-order valence-corrected chi connectivity index (χ4v) is 2.60. The summed E-state index contributed by atoms with van der Waals surface area (Å²) in [6.45, 7) is 1.57. The van der Waals surface area contributed by atoms with Crippen LogP contribution in [0.5, 0.6) is 5.75 Å². The van der Waals surface area contributed by atoms with Gasteiger partial charge in [0.15, 0.2) is 5.78 Å². The van der Waals surface area contributed by atoms with E-state index in [-0.39, 0.29) is 22.4 Å². The van der Waals surface area contributed by atoms with Crippen molar-refractivity contribution in [2.24, 2.45) is 0 Å². The van der Waals surface area contributed by atoms with Crippen LogP contribution in [0.1, 0.15) is 27.2 Å². The van der Waals surface area contributed by atoms with E-state index in [4.69, 9.17) is 5.11 Å². The molecule has 3 aromatic rings. The number of rotatable bonds is 4. The fourth-order valence-electron chi connectivity index (χ4n) is 2.60. The van der Waals surface area contributed by atoms with Crippen LogP contribution in [0.3, 0.4) is 0 Å². The number of ketones is 1. The maximum Gasteiger partial charge on any atom is 0.308 e. The van der Waals surface area contributed by atoms with Gasteiger partial charge in [-0.2, -0.15) is 0 Å². The molecular weight excluding hydrogens is 324 g/mol. The lowest BCUT2D eigenvalue weighted by Crippen LogP contribution is -2.24. The highest BCUT2D eigenvalue weighted by atomic mass is 16.4. The monoisotopic (exact) mass is 338 g/mol. The van der Waals surface area contributed by atoms with Gasteiger partial charge >= 0.3 is 5.97 Å².